The molecular formula is C13H20N4OS. The SMILES string of the molecule is CCN(C)C(=O)CNCc1c(C)nc2sc(C)cn12. The molecule has 0 aromatic carbocycles. The molecule has 0 saturated heterocycles. The predicted molar refractivity (Wildman–Crippen MR) is 77.6 cm³/mol. The summed E-state index contributed by atoms with van der Waals surface area (Å²) in [5.41, 5.74) is 2.15. The molecule has 0 saturated carbocycles. The van der Waals surface area contributed by atoms with Crippen LogP contribution in [-0.2, 0) is 11.3 Å². The molecule has 2 aromatic rings. The van der Waals surface area contributed by atoms with Crippen LogP contribution in [0.4, 0.5) is 0 Å². The first-order valence-electron chi connectivity index (χ1n) is 6.41. The molecule has 0 radical (unpaired) electrons. The lowest BCUT2D eigenvalue weighted by Crippen LogP contribution is -2.35. The molecule has 0 aliphatic carbocycles. The Bertz CT molecular complexity index is 587. The number of fused-ring (bicyclic) bond motifs is 1. The molecule has 0 spiro atoms. The third kappa shape index (κ3) is 2.96. The molecule has 0 aliphatic heterocycles. The van der Waals surface area contributed by atoms with Gasteiger partial charge in [0.25, 0.3) is 0 Å². The molecule has 0 aliphatic rings. The lowest BCUT2D eigenvalue weighted by atomic mass is 10.3. The Morgan fingerprint density at radius 1 is 1.53 bits per heavy atom. The fraction of sp³-hybridized carbons (Fsp3) is 0.538. The van der Waals surface area contributed by atoms with E-state index < -0.39 is 0 Å². The highest BCUT2D eigenvalue weighted by Crippen LogP contribution is 2.20. The van der Waals surface area contributed by atoms with Gasteiger partial charge in [-0.05, 0) is 20.8 Å². The summed E-state index contributed by atoms with van der Waals surface area (Å²) in [5, 5.41) is 3.20. The molecule has 0 unspecified atom stereocenters. The number of nitrogens with zero attached hydrogens (tertiary/aromatic N) is 3. The van der Waals surface area contributed by atoms with E-state index in [1.54, 1.807) is 16.2 Å². The average Bonchev–Trinajstić information content (AvgIpc) is 2.85. The van der Waals surface area contributed by atoms with Gasteiger partial charge in [0, 0.05) is 31.2 Å². The topological polar surface area (TPSA) is 49.6 Å². The van der Waals surface area contributed by atoms with Gasteiger partial charge in [-0.3, -0.25) is 9.20 Å². The number of rotatable bonds is 5. The van der Waals surface area contributed by atoms with Gasteiger partial charge in [-0.2, -0.15) is 0 Å². The highest BCUT2D eigenvalue weighted by molar-refractivity contribution is 7.17. The van der Waals surface area contributed by atoms with E-state index in [1.165, 1.54) is 4.88 Å². The number of imidazole rings is 1. The van der Waals surface area contributed by atoms with Crippen LogP contribution in [0.1, 0.15) is 23.2 Å². The van der Waals surface area contributed by atoms with Crippen LogP contribution >= 0.6 is 11.3 Å². The zero-order chi connectivity index (χ0) is 14.0. The minimum absolute atomic E-state index is 0.113. The highest BCUT2D eigenvalue weighted by atomic mass is 32.1. The molecule has 0 bridgehead atoms. The van der Waals surface area contributed by atoms with Crippen molar-refractivity contribution in [3.05, 3.63) is 22.5 Å². The number of aromatic nitrogens is 2. The van der Waals surface area contributed by atoms with Crippen molar-refractivity contribution in [2.45, 2.75) is 27.3 Å². The van der Waals surface area contributed by atoms with Gasteiger partial charge < -0.3 is 10.2 Å². The first-order chi connectivity index (χ1) is 9.02. The first-order valence-corrected chi connectivity index (χ1v) is 7.23. The number of hydrogen-bond acceptors (Lipinski definition) is 4. The third-order valence-corrected chi connectivity index (χ3v) is 4.11. The average molecular weight is 280 g/mol. The van der Waals surface area contributed by atoms with E-state index in [0.29, 0.717) is 13.1 Å². The Labute approximate surface area is 117 Å². The van der Waals surface area contributed by atoms with Gasteiger partial charge in [-0.1, -0.05) is 0 Å². The van der Waals surface area contributed by atoms with E-state index in [0.717, 1.165) is 22.9 Å². The van der Waals surface area contributed by atoms with Crippen molar-refractivity contribution in [3.63, 3.8) is 0 Å². The second kappa shape index (κ2) is 5.71. The zero-order valence-corrected chi connectivity index (χ0v) is 12.7. The summed E-state index contributed by atoms with van der Waals surface area (Å²) >= 11 is 1.68. The minimum Gasteiger partial charge on any atom is -0.345 e. The van der Waals surface area contributed by atoms with Crippen LogP contribution in [0.5, 0.6) is 0 Å². The van der Waals surface area contributed by atoms with Crippen LogP contribution in [0.15, 0.2) is 6.20 Å². The summed E-state index contributed by atoms with van der Waals surface area (Å²) in [6.45, 7) is 7.81. The molecule has 104 valence electrons. The van der Waals surface area contributed by atoms with Crippen LogP contribution in [0, 0.1) is 13.8 Å². The molecule has 2 aromatic heterocycles. The maximum atomic E-state index is 11.7. The van der Waals surface area contributed by atoms with Gasteiger partial charge in [0.2, 0.25) is 5.91 Å². The summed E-state index contributed by atoms with van der Waals surface area (Å²) in [6, 6.07) is 0. The fourth-order valence-electron chi connectivity index (χ4n) is 1.92. The number of aryl methyl sites for hydroxylation is 2. The summed E-state index contributed by atoms with van der Waals surface area (Å²) in [6.07, 6.45) is 2.09. The van der Waals surface area contributed by atoms with Gasteiger partial charge in [0.1, 0.15) is 0 Å². The lowest BCUT2D eigenvalue weighted by Gasteiger charge is -2.14. The third-order valence-electron chi connectivity index (χ3n) is 3.21. The predicted octanol–water partition coefficient (Wildman–Crippen LogP) is 1.58. The number of likely N-dealkylation sites (N-methyl/N-ethyl adjacent to an activating group) is 1. The van der Waals surface area contributed by atoms with Crippen molar-refractivity contribution in [2.24, 2.45) is 0 Å². The van der Waals surface area contributed by atoms with Crippen molar-refractivity contribution in [1.29, 1.82) is 0 Å². The normalized spacial score (nSPS) is 11.2. The number of hydrogen-bond donors (Lipinski definition) is 1. The minimum atomic E-state index is 0.113. The van der Waals surface area contributed by atoms with Crippen molar-refractivity contribution >= 4 is 22.2 Å². The van der Waals surface area contributed by atoms with E-state index in [-0.39, 0.29) is 5.91 Å². The maximum absolute atomic E-state index is 11.7. The second-order valence-corrected chi connectivity index (χ2v) is 5.86. The lowest BCUT2D eigenvalue weighted by molar-refractivity contribution is -0.128. The molecule has 6 heteroatoms. The number of carbonyl (C=O) groups excluding carboxylic acids is 1. The van der Waals surface area contributed by atoms with E-state index in [2.05, 4.69) is 27.8 Å². The van der Waals surface area contributed by atoms with E-state index in [4.69, 9.17) is 0 Å². The van der Waals surface area contributed by atoms with Crippen molar-refractivity contribution in [1.82, 2.24) is 19.6 Å². The van der Waals surface area contributed by atoms with Crippen LogP contribution in [0.25, 0.3) is 4.96 Å². The number of amides is 1. The molecule has 0 fully saturated rings. The Balaban J connectivity index is 2.01. The van der Waals surface area contributed by atoms with Gasteiger partial charge in [-0.25, -0.2) is 4.98 Å². The van der Waals surface area contributed by atoms with E-state index in [1.807, 2.05) is 20.9 Å². The van der Waals surface area contributed by atoms with E-state index in [9.17, 15) is 4.79 Å². The zero-order valence-electron chi connectivity index (χ0n) is 11.9. The number of nitrogens with one attached hydrogen (secondary N) is 1. The first kappa shape index (κ1) is 14.0. The van der Waals surface area contributed by atoms with Crippen LogP contribution in [0.3, 0.4) is 0 Å². The molecule has 1 N–H and O–H groups in total. The molecule has 2 rings (SSSR count). The summed E-state index contributed by atoms with van der Waals surface area (Å²) in [5.74, 6) is 0.113. The molecule has 0 atom stereocenters. The van der Waals surface area contributed by atoms with Crippen molar-refractivity contribution in [3.8, 4) is 0 Å². The molecular weight excluding hydrogens is 260 g/mol. The van der Waals surface area contributed by atoms with Crippen LogP contribution in [-0.4, -0.2) is 40.3 Å². The van der Waals surface area contributed by atoms with Crippen molar-refractivity contribution in [2.75, 3.05) is 20.1 Å². The molecule has 5 nitrogen and oxygen atoms in total. The molecule has 2 heterocycles. The van der Waals surface area contributed by atoms with Gasteiger partial charge >= 0.3 is 0 Å². The fourth-order valence-corrected chi connectivity index (χ4v) is 2.81. The Morgan fingerprint density at radius 3 is 2.95 bits per heavy atom. The maximum Gasteiger partial charge on any atom is 0.236 e. The van der Waals surface area contributed by atoms with Gasteiger partial charge in [-0.15, -0.1) is 11.3 Å². The smallest absolute Gasteiger partial charge is 0.236 e. The molecule has 19 heavy (non-hydrogen) atoms. The van der Waals surface area contributed by atoms with Crippen molar-refractivity contribution < 1.29 is 4.79 Å². The van der Waals surface area contributed by atoms with E-state index >= 15 is 0 Å². The van der Waals surface area contributed by atoms with Crippen LogP contribution < -0.4 is 5.32 Å². The summed E-state index contributed by atoms with van der Waals surface area (Å²) < 4.78 is 2.11. The number of carbonyl (C=O) groups is 1. The Kier molecular flexibility index (Phi) is 4.21. The highest BCUT2D eigenvalue weighted by Gasteiger charge is 2.12. The quantitative estimate of drug-likeness (QED) is 0.904. The largest absolute Gasteiger partial charge is 0.345 e. The van der Waals surface area contributed by atoms with Gasteiger partial charge in [0.15, 0.2) is 4.96 Å². The molecule has 1 amide bonds. The standard InChI is InChI=1S/C13H20N4OS/c1-5-16(4)12(18)7-14-6-11-10(3)15-13-17(11)8-9(2)19-13/h8,14H,5-7H2,1-4H3. The monoisotopic (exact) mass is 280 g/mol. The van der Waals surface area contributed by atoms with Crippen LogP contribution in [0.2, 0.25) is 0 Å². The Hall–Kier alpha value is -1.40. The summed E-state index contributed by atoms with van der Waals surface area (Å²) in [7, 11) is 1.81. The summed E-state index contributed by atoms with van der Waals surface area (Å²) in [4.78, 5) is 20.2. The van der Waals surface area contributed by atoms with Gasteiger partial charge in [0.05, 0.1) is 17.9 Å². The Morgan fingerprint density at radius 2 is 2.26 bits per heavy atom. The second-order valence-electron chi connectivity index (χ2n) is 4.65. The number of thiazole rings is 1.